The lowest BCUT2D eigenvalue weighted by Gasteiger charge is -2.29. The van der Waals surface area contributed by atoms with E-state index in [1.54, 1.807) is 0 Å². The maximum absolute atomic E-state index is 12.7. The summed E-state index contributed by atoms with van der Waals surface area (Å²) < 4.78 is 31.9. The second kappa shape index (κ2) is 8.39. The lowest BCUT2D eigenvalue weighted by molar-refractivity contribution is -0.142. The molecule has 3 rings (SSSR count). The molecular formula is C19H26N2O5S. The SMILES string of the molecule is CC1CCN(S(=O)(=O)c2ccc(C(=O)NCC(=O)OCC3CC3)cc2)CC1. The summed E-state index contributed by atoms with van der Waals surface area (Å²) in [5.74, 6) is 0.114. The Morgan fingerprint density at radius 3 is 2.33 bits per heavy atom. The molecular weight excluding hydrogens is 368 g/mol. The van der Waals surface area contributed by atoms with E-state index < -0.39 is 21.9 Å². The first kappa shape index (κ1) is 19.8. The van der Waals surface area contributed by atoms with Gasteiger partial charge in [-0.1, -0.05) is 6.92 Å². The molecule has 0 atom stereocenters. The molecule has 0 spiro atoms. The van der Waals surface area contributed by atoms with E-state index in [1.807, 2.05) is 0 Å². The minimum atomic E-state index is -3.54. The number of hydrogen-bond donors (Lipinski definition) is 1. The zero-order valence-electron chi connectivity index (χ0n) is 15.5. The third-order valence-corrected chi connectivity index (χ3v) is 6.98. The number of carbonyl (C=O) groups is 2. The molecule has 148 valence electrons. The summed E-state index contributed by atoms with van der Waals surface area (Å²) in [6, 6.07) is 5.80. The number of hydrogen-bond acceptors (Lipinski definition) is 5. The third kappa shape index (κ3) is 5.29. The largest absolute Gasteiger partial charge is 0.464 e. The van der Waals surface area contributed by atoms with Gasteiger partial charge in [0, 0.05) is 18.7 Å². The average molecular weight is 394 g/mol. The molecule has 0 aromatic heterocycles. The third-order valence-electron chi connectivity index (χ3n) is 5.07. The molecule has 27 heavy (non-hydrogen) atoms. The van der Waals surface area contributed by atoms with Crippen LogP contribution in [0.5, 0.6) is 0 Å². The number of esters is 1. The monoisotopic (exact) mass is 394 g/mol. The first-order valence-electron chi connectivity index (χ1n) is 9.40. The first-order chi connectivity index (χ1) is 12.9. The number of sulfonamides is 1. The van der Waals surface area contributed by atoms with Crippen molar-refractivity contribution < 1.29 is 22.7 Å². The number of amides is 1. The number of benzene rings is 1. The minimum Gasteiger partial charge on any atom is -0.464 e. The molecule has 0 bridgehead atoms. The lowest BCUT2D eigenvalue weighted by Crippen LogP contribution is -2.37. The smallest absolute Gasteiger partial charge is 0.325 e. The second-order valence-electron chi connectivity index (χ2n) is 7.42. The minimum absolute atomic E-state index is 0.178. The van der Waals surface area contributed by atoms with Crippen molar-refractivity contribution in [2.24, 2.45) is 11.8 Å². The second-order valence-corrected chi connectivity index (χ2v) is 9.36. The fourth-order valence-electron chi connectivity index (χ4n) is 2.95. The molecule has 2 aliphatic rings. The topological polar surface area (TPSA) is 92.8 Å². The normalized spacial score (nSPS) is 18.9. The fourth-order valence-corrected chi connectivity index (χ4v) is 4.42. The molecule has 1 aliphatic heterocycles. The van der Waals surface area contributed by atoms with Crippen molar-refractivity contribution in [3.05, 3.63) is 29.8 Å². The van der Waals surface area contributed by atoms with Crippen LogP contribution in [0.2, 0.25) is 0 Å². The molecule has 1 amide bonds. The summed E-state index contributed by atoms with van der Waals surface area (Å²) in [5.41, 5.74) is 0.302. The van der Waals surface area contributed by atoms with Crippen LogP contribution in [0, 0.1) is 11.8 Å². The van der Waals surface area contributed by atoms with Gasteiger partial charge in [-0.15, -0.1) is 0 Å². The number of piperidine rings is 1. The molecule has 1 aliphatic carbocycles. The highest BCUT2D eigenvalue weighted by atomic mass is 32.2. The van der Waals surface area contributed by atoms with Gasteiger partial charge in [-0.3, -0.25) is 9.59 Å². The van der Waals surface area contributed by atoms with E-state index in [0.29, 0.717) is 37.1 Å². The molecule has 1 heterocycles. The first-order valence-corrected chi connectivity index (χ1v) is 10.8. The van der Waals surface area contributed by atoms with Gasteiger partial charge in [0.2, 0.25) is 10.0 Å². The van der Waals surface area contributed by atoms with Crippen LogP contribution in [0.3, 0.4) is 0 Å². The van der Waals surface area contributed by atoms with Gasteiger partial charge in [-0.2, -0.15) is 4.31 Å². The van der Waals surface area contributed by atoms with E-state index in [-0.39, 0.29) is 11.4 Å². The van der Waals surface area contributed by atoms with Gasteiger partial charge in [-0.05, 0) is 61.8 Å². The van der Waals surface area contributed by atoms with E-state index in [2.05, 4.69) is 12.2 Å². The predicted octanol–water partition coefficient (Wildman–Crippen LogP) is 1.79. The molecule has 1 aromatic carbocycles. The van der Waals surface area contributed by atoms with Gasteiger partial charge >= 0.3 is 5.97 Å². The van der Waals surface area contributed by atoms with Crippen LogP contribution in [0.25, 0.3) is 0 Å². The quantitative estimate of drug-likeness (QED) is 0.712. The Hall–Kier alpha value is -1.93. The van der Waals surface area contributed by atoms with E-state index >= 15 is 0 Å². The van der Waals surface area contributed by atoms with E-state index in [1.165, 1.54) is 28.6 Å². The number of ether oxygens (including phenoxy) is 1. The molecule has 7 nitrogen and oxygen atoms in total. The zero-order valence-corrected chi connectivity index (χ0v) is 16.3. The number of rotatable bonds is 7. The number of carbonyl (C=O) groups excluding carboxylic acids is 2. The van der Waals surface area contributed by atoms with E-state index in [9.17, 15) is 18.0 Å². The van der Waals surface area contributed by atoms with Crippen molar-refractivity contribution in [3.63, 3.8) is 0 Å². The Morgan fingerprint density at radius 1 is 1.11 bits per heavy atom. The van der Waals surface area contributed by atoms with Crippen LogP contribution in [-0.4, -0.2) is 50.8 Å². The number of nitrogens with one attached hydrogen (secondary N) is 1. The van der Waals surface area contributed by atoms with E-state index in [4.69, 9.17) is 4.74 Å². The van der Waals surface area contributed by atoms with Crippen molar-refractivity contribution in [2.45, 2.75) is 37.5 Å². The zero-order chi connectivity index (χ0) is 19.4. The van der Waals surface area contributed by atoms with Crippen molar-refractivity contribution in [3.8, 4) is 0 Å². The maximum Gasteiger partial charge on any atom is 0.325 e. The van der Waals surface area contributed by atoms with Crippen LogP contribution in [0.15, 0.2) is 29.2 Å². The van der Waals surface area contributed by atoms with Crippen molar-refractivity contribution in [2.75, 3.05) is 26.2 Å². The molecule has 8 heteroatoms. The summed E-state index contributed by atoms with van der Waals surface area (Å²) in [7, 11) is -3.54. The van der Waals surface area contributed by atoms with Gasteiger partial charge in [0.15, 0.2) is 0 Å². The summed E-state index contributed by atoms with van der Waals surface area (Å²) in [5, 5.41) is 2.50. The Kier molecular flexibility index (Phi) is 6.16. The molecule has 2 fully saturated rings. The van der Waals surface area contributed by atoms with Crippen LogP contribution in [-0.2, 0) is 19.6 Å². The summed E-state index contributed by atoms with van der Waals surface area (Å²) >= 11 is 0. The average Bonchev–Trinajstić information content (AvgIpc) is 3.49. The predicted molar refractivity (Wildman–Crippen MR) is 99.6 cm³/mol. The van der Waals surface area contributed by atoms with Crippen LogP contribution < -0.4 is 5.32 Å². The van der Waals surface area contributed by atoms with Gasteiger partial charge in [0.05, 0.1) is 11.5 Å². The standard InChI is InChI=1S/C19H26N2O5S/c1-14-8-10-21(11-9-14)27(24,25)17-6-4-16(5-7-17)19(23)20-12-18(22)26-13-15-2-3-15/h4-7,14-15H,2-3,8-13H2,1H3,(H,20,23). The number of nitrogens with zero attached hydrogens (tertiary/aromatic N) is 1. The van der Waals surface area contributed by atoms with Crippen molar-refractivity contribution in [1.29, 1.82) is 0 Å². The summed E-state index contributed by atoms with van der Waals surface area (Å²) in [4.78, 5) is 23.9. The molecule has 1 N–H and O–H groups in total. The Morgan fingerprint density at radius 2 is 1.74 bits per heavy atom. The Labute approximate surface area is 160 Å². The summed E-state index contributed by atoms with van der Waals surface area (Å²) in [6.45, 7) is 3.39. The highest BCUT2D eigenvalue weighted by Crippen LogP contribution is 2.28. The van der Waals surface area contributed by atoms with Gasteiger partial charge < -0.3 is 10.1 Å². The van der Waals surface area contributed by atoms with Gasteiger partial charge in [0.25, 0.3) is 5.91 Å². The van der Waals surface area contributed by atoms with Crippen LogP contribution >= 0.6 is 0 Å². The van der Waals surface area contributed by atoms with Crippen molar-refractivity contribution in [1.82, 2.24) is 9.62 Å². The molecule has 0 radical (unpaired) electrons. The van der Waals surface area contributed by atoms with Crippen molar-refractivity contribution >= 4 is 21.9 Å². The highest BCUT2D eigenvalue weighted by molar-refractivity contribution is 7.89. The lowest BCUT2D eigenvalue weighted by atomic mass is 10.0. The Bertz CT molecular complexity index is 779. The van der Waals surface area contributed by atoms with Gasteiger partial charge in [0.1, 0.15) is 6.54 Å². The maximum atomic E-state index is 12.7. The van der Waals surface area contributed by atoms with Crippen LogP contribution in [0.1, 0.15) is 43.0 Å². The molecule has 0 unspecified atom stereocenters. The molecule has 1 aromatic rings. The Balaban J connectivity index is 1.54. The summed E-state index contributed by atoms with van der Waals surface area (Å²) in [6.07, 6.45) is 3.89. The molecule has 1 saturated carbocycles. The highest BCUT2D eigenvalue weighted by Gasteiger charge is 2.28. The van der Waals surface area contributed by atoms with Gasteiger partial charge in [-0.25, -0.2) is 8.42 Å². The molecule has 1 saturated heterocycles. The fraction of sp³-hybridized carbons (Fsp3) is 0.579. The van der Waals surface area contributed by atoms with E-state index in [0.717, 1.165) is 25.7 Å². The van der Waals surface area contributed by atoms with Crippen LogP contribution in [0.4, 0.5) is 0 Å².